The van der Waals surface area contributed by atoms with Crippen LogP contribution in [0.3, 0.4) is 0 Å². The van der Waals surface area contributed by atoms with Gasteiger partial charge in [-0.15, -0.1) is 0 Å². The van der Waals surface area contributed by atoms with Crippen LogP contribution in [0.15, 0.2) is 78.9 Å². The molecule has 0 unspecified atom stereocenters. The largest absolute Gasteiger partial charge is 1.00 e. The second-order valence-electron chi connectivity index (χ2n) is 9.05. The van der Waals surface area contributed by atoms with Crippen LogP contribution >= 0.6 is 0 Å². The van der Waals surface area contributed by atoms with Crippen molar-refractivity contribution in [2.24, 2.45) is 0 Å². The van der Waals surface area contributed by atoms with Crippen molar-refractivity contribution in [2.45, 2.75) is 5.92 Å². The molecule has 0 aliphatic rings. The number of hydrogen-bond acceptors (Lipinski definition) is 0. The summed E-state index contributed by atoms with van der Waals surface area (Å²) in [5, 5.41) is 0. The fraction of sp³-hybridized carbons (Fsp3) is 0.280. The second kappa shape index (κ2) is 9.77. The summed E-state index contributed by atoms with van der Waals surface area (Å²) in [5.74, 6) is 0.245. The van der Waals surface area contributed by atoms with Crippen LogP contribution in [0.2, 0.25) is 0 Å². The molecule has 0 aliphatic heterocycles. The minimum Gasteiger partial charge on any atom is -1.00 e. The van der Waals surface area contributed by atoms with Gasteiger partial charge < -0.3 is 24.8 Å². The van der Waals surface area contributed by atoms with Gasteiger partial charge in [-0.2, -0.15) is 0 Å². The molecule has 0 N–H and O–H groups in total. The highest BCUT2D eigenvalue weighted by molar-refractivity contribution is 5.51. The van der Waals surface area contributed by atoms with E-state index in [1.807, 2.05) is 0 Å². The fourth-order valence-electron chi connectivity index (χ4n) is 3.45. The van der Waals surface area contributed by atoms with E-state index in [2.05, 4.69) is 121 Å². The minimum atomic E-state index is 0. The summed E-state index contributed by atoms with van der Waals surface area (Å²) < 4.78 is 1.66. The molecular weight excluding hydrogens is 399 g/mol. The average molecular weight is 431 g/mol. The molecule has 2 nitrogen and oxygen atoms in total. The summed E-state index contributed by atoms with van der Waals surface area (Å²) in [6.07, 6.45) is 0. The van der Waals surface area contributed by atoms with Gasteiger partial charge >= 0.3 is 0 Å². The molecular formula is C25H32Cl2N2. The van der Waals surface area contributed by atoms with Gasteiger partial charge in [-0.3, -0.25) is 8.97 Å². The van der Waals surface area contributed by atoms with Gasteiger partial charge in [0.25, 0.3) is 0 Å². The number of rotatable bonds is 5. The predicted molar refractivity (Wildman–Crippen MR) is 119 cm³/mol. The van der Waals surface area contributed by atoms with E-state index in [1.165, 1.54) is 28.1 Å². The van der Waals surface area contributed by atoms with Crippen LogP contribution in [0.4, 0.5) is 11.4 Å². The van der Waals surface area contributed by atoms with Crippen molar-refractivity contribution in [2.75, 3.05) is 42.3 Å². The molecule has 0 saturated carbocycles. The van der Waals surface area contributed by atoms with Crippen molar-refractivity contribution in [1.29, 1.82) is 0 Å². The maximum Gasteiger partial charge on any atom is 0.132 e. The van der Waals surface area contributed by atoms with E-state index in [0.29, 0.717) is 0 Å². The molecule has 0 aliphatic carbocycles. The Hall–Kier alpha value is -1.84. The molecule has 0 saturated heterocycles. The maximum absolute atomic E-state index is 2.28. The van der Waals surface area contributed by atoms with E-state index in [1.54, 1.807) is 0 Å². The normalized spacial score (nSPS) is 11.6. The number of halogens is 2. The van der Waals surface area contributed by atoms with E-state index >= 15 is 0 Å². The smallest absolute Gasteiger partial charge is 0.132 e. The molecule has 0 bridgehead atoms. The van der Waals surface area contributed by atoms with Crippen molar-refractivity contribution in [3.05, 3.63) is 95.6 Å². The topological polar surface area (TPSA) is 0 Å². The van der Waals surface area contributed by atoms with Gasteiger partial charge in [-0.1, -0.05) is 54.6 Å². The third-order valence-electron chi connectivity index (χ3n) is 5.13. The fourth-order valence-corrected chi connectivity index (χ4v) is 3.45. The Morgan fingerprint density at radius 1 is 0.448 bits per heavy atom. The van der Waals surface area contributed by atoms with Crippen LogP contribution in [-0.4, -0.2) is 42.3 Å². The third-order valence-corrected chi connectivity index (χ3v) is 5.13. The zero-order valence-corrected chi connectivity index (χ0v) is 19.7. The molecule has 3 rings (SSSR count). The van der Waals surface area contributed by atoms with Crippen molar-refractivity contribution < 1.29 is 24.8 Å². The summed E-state index contributed by atoms with van der Waals surface area (Å²) in [5.41, 5.74) is 6.61. The van der Waals surface area contributed by atoms with Gasteiger partial charge in [0.2, 0.25) is 0 Å². The van der Waals surface area contributed by atoms with Crippen molar-refractivity contribution >= 4 is 11.4 Å². The Labute approximate surface area is 188 Å². The second-order valence-corrected chi connectivity index (χ2v) is 9.05. The highest BCUT2D eigenvalue weighted by Crippen LogP contribution is 2.34. The quantitative estimate of drug-likeness (QED) is 0.369. The monoisotopic (exact) mass is 430 g/mol. The Kier molecular flexibility index (Phi) is 8.49. The molecule has 0 fully saturated rings. The van der Waals surface area contributed by atoms with Crippen molar-refractivity contribution in [3.8, 4) is 0 Å². The van der Waals surface area contributed by atoms with Crippen LogP contribution in [0.25, 0.3) is 0 Å². The molecule has 3 aromatic carbocycles. The summed E-state index contributed by atoms with van der Waals surface area (Å²) >= 11 is 0. The zero-order chi connectivity index (χ0) is 19.7. The van der Waals surface area contributed by atoms with Crippen LogP contribution in [0.5, 0.6) is 0 Å². The predicted octanol–water partition coefficient (Wildman–Crippen LogP) is -0.732. The first-order valence-corrected chi connectivity index (χ1v) is 9.55. The van der Waals surface area contributed by atoms with Gasteiger partial charge in [0.15, 0.2) is 0 Å². The first kappa shape index (κ1) is 25.2. The molecule has 0 atom stereocenters. The summed E-state index contributed by atoms with van der Waals surface area (Å²) in [4.78, 5) is 0. The SMILES string of the molecule is C[N+](C)(C)c1ccc(C(c2ccccc2)c2ccc([N+](C)(C)C)cc2)cc1.[Cl-].[Cl-]. The molecule has 0 amide bonds. The highest BCUT2D eigenvalue weighted by Gasteiger charge is 2.20. The lowest BCUT2D eigenvalue weighted by atomic mass is 9.85. The van der Waals surface area contributed by atoms with E-state index in [9.17, 15) is 0 Å². The number of hydrogen-bond donors (Lipinski definition) is 0. The molecule has 156 valence electrons. The highest BCUT2D eigenvalue weighted by atomic mass is 35.5. The van der Waals surface area contributed by atoms with Gasteiger partial charge in [0, 0.05) is 5.92 Å². The Balaban J connectivity index is 0.00000210. The molecule has 0 heterocycles. The van der Waals surface area contributed by atoms with E-state index < -0.39 is 0 Å². The number of benzene rings is 3. The minimum absolute atomic E-state index is 0. The Morgan fingerprint density at radius 3 is 1.07 bits per heavy atom. The number of nitrogens with zero attached hydrogens (tertiary/aromatic N) is 2. The summed E-state index contributed by atoms with van der Waals surface area (Å²) in [7, 11) is 13.2. The van der Waals surface area contributed by atoms with Gasteiger partial charge in [0.1, 0.15) is 11.4 Å². The molecule has 4 heteroatoms. The summed E-state index contributed by atoms with van der Waals surface area (Å²) in [6, 6.07) is 28.9. The maximum atomic E-state index is 2.28. The lowest BCUT2D eigenvalue weighted by Gasteiger charge is -2.26. The molecule has 3 aromatic rings. The third kappa shape index (κ3) is 6.07. The first-order valence-electron chi connectivity index (χ1n) is 9.55. The molecule has 0 spiro atoms. The van der Waals surface area contributed by atoms with Crippen molar-refractivity contribution in [3.63, 3.8) is 0 Å². The van der Waals surface area contributed by atoms with Crippen LogP contribution in [0.1, 0.15) is 22.6 Å². The van der Waals surface area contributed by atoms with Crippen LogP contribution < -0.4 is 33.8 Å². The molecule has 0 radical (unpaired) electrons. The van der Waals surface area contributed by atoms with E-state index in [4.69, 9.17) is 0 Å². The Morgan fingerprint density at radius 2 is 0.759 bits per heavy atom. The van der Waals surface area contributed by atoms with Crippen molar-refractivity contribution in [1.82, 2.24) is 8.97 Å². The number of quaternary nitrogens is 2. The van der Waals surface area contributed by atoms with Crippen LogP contribution in [-0.2, 0) is 0 Å². The summed E-state index contributed by atoms with van der Waals surface area (Å²) in [6.45, 7) is 0. The lowest BCUT2D eigenvalue weighted by Crippen LogP contribution is -3.00. The van der Waals surface area contributed by atoms with Crippen LogP contribution in [0, 0.1) is 0 Å². The molecule has 29 heavy (non-hydrogen) atoms. The zero-order valence-electron chi connectivity index (χ0n) is 18.2. The van der Waals surface area contributed by atoms with Gasteiger partial charge in [-0.25, -0.2) is 0 Å². The standard InChI is InChI=1S/C25H32N2.2ClH/c1-26(2,3)23-16-12-21(13-17-23)25(20-10-8-7-9-11-20)22-14-18-24(19-15-22)27(4,5)6;;/h7-19,25H,1-6H3;2*1H/q+2;;/p-2. The van der Waals surface area contributed by atoms with E-state index in [-0.39, 0.29) is 30.7 Å². The van der Waals surface area contributed by atoms with Gasteiger partial charge in [-0.05, 0) is 41.0 Å². The molecule has 0 aromatic heterocycles. The average Bonchev–Trinajstić information content (AvgIpc) is 2.62. The lowest BCUT2D eigenvalue weighted by molar-refractivity contribution is -0.00100. The van der Waals surface area contributed by atoms with Gasteiger partial charge in [0.05, 0.1) is 42.3 Å². The van der Waals surface area contributed by atoms with E-state index in [0.717, 1.165) is 8.97 Å². The first-order chi connectivity index (χ1) is 12.7. The Bertz CT molecular complexity index is 818.